The van der Waals surface area contributed by atoms with Crippen LogP contribution in [0.4, 0.5) is 5.13 Å². The Bertz CT molecular complexity index is 913. The van der Waals surface area contributed by atoms with E-state index in [2.05, 4.69) is 33.1 Å². The van der Waals surface area contributed by atoms with Crippen molar-refractivity contribution in [2.45, 2.75) is 19.4 Å². The van der Waals surface area contributed by atoms with Gasteiger partial charge in [-0.3, -0.25) is 9.88 Å². The molecule has 1 aromatic carbocycles. The zero-order chi connectivity index (χ0) is 19.2. The second-order valence-corrected chi connectivity index (χ2v) is 7.89. The van der Waals surface area contributed by atoms with E-state index in [9.17, 15) is 0 Å². The predicted octanol–water partition coefficient (Wildman–Crippen LogP) is 3.81. The van der Waals surface area contributed by atoms with E-state index in [-0.39, 0.29) is 0 Å². The summed E-state index contributed by atoms with van der Waals surface area (Å²) < 4.78 is 5.98. The van der Waals surface area contributed by atoms with Gasteiger partial charge in [-0.05, 0) is 24.6 Å². The van der Waals surface area contributed by atoms with Gasteiger partial charge < -0.3 is 10.5 Å². The number of rotatable bonds is 6. The molecule has 0 saturated heterocycles. The molecule has 0 aliphatic carbocycles. The van der Waals surface area contributed by atoms with Crippen LogP contribution in [0.25, 0.3) is 6.08 Å². The van der Waals surface area contributed by atoms with Crippen LogP contribution >= 0.6 is 11.3 Å². The largest absolute Gasteiger partial charge is 0.487 e. The number of nitrogen functional groups attached to an aromatic ring is 1. The molecule has 0 amide bonds. The molecule has 0 unspecified atom stereocenters. The highest BCUT2D eigenvalue weighted by Crippen LogP contribution is 2.24. The van der Waals surface area contributed by atoms with Gasteiger partial charge >= 0.3 is 0 Å². The number of hydrogen-bond acceptors (Lipinski definition) is 6. The van der Waals surface area contributed by atoms with Crippen molar-refractivity contribution in [3.8, 4) is 5.75 Å². The van der Waals surface area contributed by atoms with E-state index < -0.39 is 0 Å². The summed E-state index contributed by atoms with van der Waals surface area (Å²) in [5.41, 5.74) is 9.02. The SMILES string of the molecule is Nc1nc2c(s1)CCN(CC=Cc1ccccc1OCc1ccccn1)CC2. The summed E-state index contributed by atoms with van der Waals surface area (Å²) in [5.74, 6) is 0.877. The Hall–Kier alpha value is -2.70. The van der Waals surface area contributed by atoms with Crippen LogP contribution in [0.1, 0.15) is 21.8 Å². The smallest absolute Gasteiger partial charge is 0.180 e. The van der Waals surface area contributed by atoms with Crippen molar-refractivity contribution in [1.29, 1.82) is 0 Å². The molecule has 1 aliphatic heterocycles. The number of pyridine rings is 1. The number of para-hydroxylation sites is 1. The highest BCUT2D eigenvalue weighted by molar-refractivity contribution is 7.15. The highest BCUT2D eigenvalue weighted by atomic mass is 32.1. The van der Waals surface area contributed by atoms with Crippen LogP contribution in [0.3, 0.4) is 0 Å². The molecule has 0 fully saturated rings. The quantitative estimate of drug-likeness (QED) is 0.691. The Morgan fingerprint density at radius 3 is 2.86 bits per heavy atom. The lowest BCUT2D eigenvalue weighted by molar-refractivity contribution is 0.300. The molecule has 0 atom stereocenters. The molecule has 0 radical (unpaired) electrons. The number of nitrogens with two attached hydrogens (primary N) is 1. The second kappa shape index (κ2) is 8.99. The predicted molar refractivity (Wildman–Crippen MR) is 114 cm³/mol. The number of ether oxygens (including phenoxy) is 1. The molecule has 5 nitrogen and oxygen atoms in total. The average Bonchev–Trinajstić information content (AvgIpc) is 2.98. The van der Waals surface area contributed by atoms with Gasteiger partial charge in [-0.2, -0.15) is 0 Å². The van der Waals surface area contributed by atoms with E-state index in [0.717, 1.165) is 49.5 Å². The summed E-state index contributed by atoms with van der Waals surface area (Å²) in [6.45, 7) is 3.44. The molecule has 0 bridgehead atoms. The zero-order valence-electron chi connectivity index (χ0n) is 15.8. The van der Waals surface area contributed by atoms with Crippen molar-refractivity contribution in [3.05, 3.63) is 76.6 Å². The molecule has 0 spiro atoms. The summed E-state index contributed by atoms with van der Waals surface area (Å²) in [6.07, 6.45) is 8.14. The van der Waals surface area contributed by atoms with Crippen LogP contribution in [0.15, 0.2) is 54.7 Å². The fourth-order valence-electron chi connectivity index (χ4n) is 3.33. The van der Waals surface area contributed by atoms with Crippen molar-refractivity contribution >= 4 is 22.5 Å². The topological polar surface area (TPSA) is 64.3 Å². The molecule has 3 aromatic rings. The van der Waals surface area contributed by atoms with E-state index >= 15 is 0 Å². The van der Waals surface area contributed by atoms with Gasteiger partial charge in [0.05, 0.1) is 11.4 Å². The van der Waals surface area contributed by atoms with Crippen LogP contribution in [-0.2, 0) is 19.4 Å². The molecule has 0 saturated carbocycles. The number of thiazole rings is 1. The minimum atomic E-state index is 0.469. The Labute approximate surface area is 169 Å². The maximum atomic E-state index is 5.98. The summed E-state index contributed by atoms with van der Waals surface area (Å²) in [7, 11) is 0. The van der Waals surface area contributed by atoms with Crippen molar-refractivity contribution in [3.63, 3.8) is 0 Å². The maximum absolute atomic E-state index is 5.98. The van der Waals surface area contributed by atoms with E-state index in [1.807, 2.05) is 36.4 Å². The van der Waals surface area contributed by atoms with Crippen molar-refractivity contribution in [2.24, 2.45) is 0 Å². The lowest BCUT2D eigenvalue weighted by atomic mass is 10.2. The highest BCUT2D eigenvalue weighted by Gasteiger charge is 2.16. The number of fused-ring (bicyclic) bond motifs is 1. The van der Waals surface area contributed by atoms with Crippen molar-refractivity contribution < 1.29 is 4.74 Å². The molecule has 6 heteroatoms. The summed E-state index contributed by atoms with van der Waals surface area (Å²) in [4.78, 5) is 12.6. The van der Waals surface area contributed by atoms with Gasteiger partial charge in [0.2, 0.25) is 0 Å². The average molecular weight is 393 g/mol. The molecule has 4 rings (SSSR count). The minimum Gasteiger partial charge on any atom is -0.487 e. The van der Waals surface area contributed by atoms with Crippen molar-refractivity contribution in [2.75, 3.05) is 25.4 Å². The van der Waals surface area contributed by atoms with Crippen LogP contribution in [0, 0.1) is 0 Å². The van der Waals surface area contributed by atoms with Crippen LogP contribution in [0.5, 0.6) is 5.75 Å². The zero-order valence-corrected chi connectivity index (χ0v) is 16.6. The first-order chi connectivity index (χ1) is 13.8. The van der Waals surface area contributed by atoms with Crippen LogP contribution in [-0.4, -0.2) is 34.5 Å². The van der Waals surface area contributed by atoms with Gasteiger partial charge in [-0.15, -0.1) is 11.3 Å². The first-order valence-electron chi connectivity index (χ1n) is 9.52. The Morgan fingerprint density at radius 2 is 1.96 bits per heavy atom. The van der Waals surface area contributed by atoms with E-state index in [4.69, 9.17) is 10.5 Å². The van der Waals surface area contributed by atoms with E-state index in [0.29, 0.717) is 11.7 Å². The molecular weight excluding hydrogens is 368 g/mol. The Kier molecular flexibility index (Phi) is 5.99. The Balaban J connectivity index is 1.34. The molecule has 144 valence electrons. The van der Waals surface area contributed by atoms with Gasteiger partial charge in [0.1, 0.15) is 12.4 Å². The second-order valence-electron chi connectivity index (χ2n) is 6.77. The maximum Gasteiger partial charge on any atom is 0.180 e. The van der Waals surface area contributed by atoms with Crippen LogP contribution in [0.2, 0.25) is 0 Å². The first kappa shape index (κ1) is 18.7. The summed E-state index contributed by atoms with van der Waals surface area (Å²) >= 11 is 1.63. The Morgan fingerprint density at radius 1 is 1.11 bits per heavy atom. The molecule has 28 heavy (non-hydrogen) atoms. The molecule has 1 aliphatic rings. The normalized spacial score (nSPS) is 14.7. The lowest BCUT2D eigenvalue weighted by Crippen LogP contribution is -2.26. The van der Waals surface area contributed by atoms with Gasteiger partial charge in [0, 0.05) is 42.7 Å². The van der Waals surface area contributed by atoms with Gasteiger partial charge in [0.15, 0.2) is 5.13 Å². The number of aromatic nitrogens is 2. The van der Waals surface area contributed by atoms with Gasteiger partial charge in [-0.1, -0.05) is 36.4 Å². The molecular formula is C22H24N4OS. The molecule has 2 aromatic heterocycles. The number of anilines is 1. The lowest BCUT2D eigenvalue weighted by Gasteiger charge is -2.17. The third-order valence-corrected chi connectivity index (χ3v) is 5.78. The minimum absolute atomic E-state index is 0.469. The molecule has 3 heterocycles. The first-order valence-corrected chi connectivity index (χ1v) is 10.3. The summed E-state index contributed by atoms with van der Waals surface area (Å²) in [6, 6.07) is 14.0. The fraction of sp³-hybridized carbons (Fsp3) is 0.273. The third-order valence-electron chi connectivity index (χ3n) is 4.80. The number of nitrogens with zero attached hydrogens (tertiary/aromatic N) is 3. The number of hydrogen-bond donors (Lipinski definition) is 1. The monoisotopic (exact) mass is 392 g/mol. The van der Waals surface area contributed by atoms with Crippen molar-refractivity contribution in [1.82, 2.24) is 14.9 Å². The number of benzene rings is 1. The van der Waals surface area contributed by atoms with Crippen LogP contribution < -0.4 is 10.5 Å². The van der Waals surface area contributed by atoms with E-state index in [1.165, 1.54) is 10.6 Å². The fourth-order valence-corrected chi connectivity index (χ4v) is 4.19. The van der Waals surface area contributed by atoms with E-state index in [1.54, 1.807) is 17.5 Å². The van der Waals surface area contributed by atoms with Gasteiger partial charge in [-0.25, -0.2) is 4.98 Å². The standard InChI is InChI=1S/C22H24N4OS/c23-22-25-19-10-14-26(15-11-21(19)28-22)13-5-7-17-6-1-2-9-20(17)27-16-18-8-3-4-12-24-18/h1-9,12H,10-11,13-16H2,(H2,23,25). The third kappa shape index (κ3) is 4.77. The molecule has 2 N–H and O–H groups in total. The van der Waals surface area contributed by atoms with Gasteiger partial charge in [0.25, 0.3) is 0 Å². The summed E-state index contributed by atoms with van der Waals surface area (Å²) in [5, 5.41) is 0.695.